The molecule has 0 aliphatic carbocycles. The summed E-state index contributed by atoms with van der Waals surface area (Å²) in [5, 5.41) is 10.0. The lowest BCUT2D eigenvalue weighted by Gasteiger charge is -2.37. The average Bonchev–Trinajstić information content (AvgIpc) is 3.03. The Morgan fingerprint density at radius 3 is 2.35 bits per heavy atom. The van der Waals surface area contributed by atoms with Crippen LogP contribution in [0.15, 0.2) is 96.4 Å². The van der Waals surface area contributed by atoms with Gasteiger partial charge in [-0.1, -0.05) is 78.9 Å². The highest BCUT2D eigenvalue weighted by Crippen LogP contribution is 2.54. The maximum atomic E-state index is 14.1. The van der Waals surface area contributed by atoms with Crippen molar-refractivity contribution in [3.63, 3.8) is 0 Å². The summed E-state index contributed by atoms with van der Waals surface area (Å²) in [5.41, 5.74) is 8.84. The van der Waals surface area contributed by atoms with Crippen LogP contribution in [0.1, 0.15) is 29.2 Å². The predicted octanol–water partition coefficient (Wildman–Crippen LogP) is 4.33. The van der Waals surface area contributed by atoms with Crippen LogP contribution in [0.5, 0.6) is 0 Å². The summed E-state index contributed by atoms with van der Waals surface area (Å²) in [4.78, 5) is 15.8. The first kappa shape index (κ1) is 19.0. The fourth-order valence-electron chi connectivity index (χ4n) is 4.74. The first-order chi connectivity index (χ1) is 15.1. The molecule has 1 amide bonds. The highest BCUT2D eigenvalue weighted by molar-refractivity contribution is 6.11. The minimum atomic E-state index is -1.16. The molecule has 2 aliphatic heterocycles. The van der Waals surface area contributed by atoms with E-state index in [1.54, 1.807) is 4.90 Å². The van der Waals surface area contributed by atoms with Crippen molar-refractivity contribution in [2.45, 2.75) is 24.5 Å². The van der Waals surface area contributed by atoms with Crippen molar-refractivity contribution >= 4 is 11.6 Å². The Morgan fingerprint density at radius 1 is 1.00 bits per heavy atom. The number of carbonyl (C=O) groups is 1. The van der Waals surface area contributed by atoms with E-state index in [-0.39, 0.29) is 17.4 Å². The second-order valence-corrected chi connectivity index (χ2v) is 7.87. The Labute approximate surface area is 181 Å². The third-order valence-corrected chi connectivity index (χ3v) is 6.17. The number of amides is 1. The minimum absolute atomic E-state index is 0.0207. The Hall–Kier alpha value is -4.04. The summed E-state index contributed by atoms with van der Waals surface area (Å²) in [6.45, 7) is 0.425. The van der Waals surface area contributed by atoms with E-state index in [0.29, 0.717) is 13.0 Å². The molecule has 0 saturated heterocycles. The summed E-state index contributed by atoms with van der Waals surface area (Å²) in [5.74, 6) is -0.117. The van der Waals surface area contributed by atoms with E-state index in [4.69, 9.17) is 10.5 Å². The molecule has 2 heterocycles. The summed E-state index contributed by atoms with van der Waals surface area (Å²) in [6, 6.07) is 29.4. The Balaban J connectivity index is 1.66. The van der Waals surface area contributed by atoms with Gasteiger partial charge in [0.15, 0.2) is 5.88 Å². The number of rotatable bonds is 3. The molecule has 2 N–H and O–H groups in total. The zero-order chi connectivity index (χ0) is 21.4. The summed E-state index contributed by atoms with van der Waals surface area (Å²) in [6.07, 6.45) is -0.103. The molecule has 0 radical (unpaired) electrons. The number of hydrogen-bond acceptors (Lipinski definition) is 4. The first-order valence-corrected chi connectivity index (χ1v) is 10.2. The maximum Gasteiger partial charge on any atom is 0.243 e. The van der Waals surface area contributed by atoms with E-state index in [2.05, 4.69) is 6.07 Å². The van der Waals surface area contributed by atoms with Gasteiger partial charge >= 0.3 is 0 Å². The van der Waals surface area contributed by atoms with Gasteiger partial charge in [0.25, 0.3) is 0 Å². The lowest BCUT2D eigenvalue weighted by Crippen LogP contribution is -2.46. The molecule has 5 heteroatoms. The van der Waals surface area contributed by atoms with Gasteiger partial charge in [-0.2, -0.15) is 5.26 Å². The zero-order valence-corrected chi connectivity index (χ0v) is 16.9. The number of benzene rings is 3. The van der Waals surface area contributed by atoms with Gasteiger partial charge in [0.2, 0.25) is 5.91 Å². The van der Waals surface area contributed by atoms with Gasteiger partial charge in [-0.05, 0) is 22.8 Å². The van der Waals surface area contributed by atoms with Gasteiger partial charge in [0.1, 0.15) is 23.2 Å². The number of para-hydroxylation sites is 1. The molecule has 1 spiro atoms. The maximum absolute atomic E-state index is 14.1. The molecule has 0 saturated carbocycles. The van der Waals surface area contributed by atoms with E-state index in [0.717, 1.165) is 22.4 Å². The van der Waals surface area contributed by atoms with Crippen LogP contribution >= 0.6 is 0 Å². The first-order valence-electron chi connectivity index (χ1n) is 10.2. The summed E-state index contributed by atoms with van der Waals surface area (Å²) < 4.78 is 5.94. The van der Waals surface area contributed by atoms with E-state index in [1.807, 2.05) is 84.9 Å². The highest BCUT2D eigenvalue weighted by Gasteiger charge is 2.58. The van der Waals surface area contributed by atoms with E-state index in [1.165, 1.54) is 0 Å². The molecule has 3 aromatic carbocycles. The van der Waals surface area contributed by atoms with E-state index in [9.17, 15) is 10.1 Å². The fraction of sp³-hybridized carbons (Fsp3) is 0.154. The van der Waals surface area contributed by atoms with Crippen LogP contribution in [0.4, 0.5) is 5.69 Å². The fourth-order valence-corrected chi connectivity index (χ4v) is 4.74. The molecule has 2 unspecified atom stereocenters. The second kappa shape index (κ2) is 7.33. The molecule has 2 atom stereocenters. The quantitative estimate of drug-likeness (QED) is 0.701. The molecule has 5 rings (SSSR count). The zero-order valence-electron chi connectivity index (χ0n) is 16.9. The molecule has 2 aliphatic rings. The lowest BCUT2D eigenvalue weighted by atomic mass is 9.69. The van der Waals surface area contributed by atoms with Gasteiger partial charge in [-0.25, -0.2) is 0 Å². The van der Waals surface area contributed by atoms with Crippen molar-refractivity contribution in [3.05, 3.63) is 113 Å². The SMILES string of the molecule is N#CC1=C(N)OC(c2ccccc2)CC12C(=O)N(Cc1ccccc1)c1ccccc12. The number of ether oxygens (including phenoxy) is 1. The number of anilines is 1. The van der Waals surface area contributed by atoms with E-state index < -0.39 is 11.5 Å². The summed E-state index contributed by atoms with van der Waals surface area (Å²) in [7, 11) is 0. The van der Waals surface area contributed by atoms with Crippen LogP contribution < -0.4 is 10.6 Å². The van der Waals surface area contributed by atoms with Crippen molar-refractivity contribution < 1.29 is 9.53 Å². The third-order valence-electron chi connectivity index (χ3n) is 6.17. The van der Waals surface area contributed by atoms with Crippen LogP contribution in [0.3, 0.4) is 0 Å². The van der Waals surface area contributed by atoms with Gasteiger partial charge in [0, 0.05) is 12.1 Å². The van der Waals surface area contributed by atoms with Crippen LogP contribution in [0.25, 0.3) is 0 Å². The molecular weight excluding hydrogens is 386 g/mol. The molecule has 31 heavy (non-hydrogen) atoms. The molecule has 0 bridgehead atoms. The summed E-state index contributed by atoms with van der Waals surface area (Å²) >= 11 is 0. The average molecular weight is 407 g/mol. The molecule has 0 fully saturated rings. The van der Waals surface area contributed by atoms with Crippen molar-refractivity contribution in [2.24, 2.45) is 5.73 Å². The van der Waals surface area contributed by atoms with Gasteiger partial charge in [-0.3, -0.25) is 4.79 Å². The van der Waals surface area contributed by atoms with Crippen LogP contribution in [0.2, 0.25) is 0 Å². The predicted molar refractivity (Wildman–Crippen MR) is 117 cm³/mol. The number of nitriles is 1. The standard InChI is InChI=1S/C26H21N3O2/c27-16-21-24(28)31-23(19-11-5-2-6-12-19)15-26(21)20-13-7-8-14-22(20)29(25(26)30)17-18-9-3-1-4-10-18/h1-14,23H,15,17,28H2. The largest absolute Gasteiger partial charge is 0.470 e. The Bertz CT molecular complexity index is 1210. The Morgan fingerprint density at radius 2 is 1.65 bits per heavy atom. The smallest absolute Gasteiger partial charge is 0.243 e. The van der Waals surface area contributed by atoms with Crippen LogP contribution in [0, 0.1) is 11.3 Å². The molecule has 3 aromatic rings. The molecule has 0 aromatic heterocycles. The third kappa shape index (κ3) is 2.88. The molecule has 5 nitrogen and oxygen atoms in total. The number of fused-ring (bicyclic) bond motifs is 2. The Kier molecular flexibility index (Phi) is 4.48. The topological polar surface area (TPSA) is 79.4 Å². The number of carbonyl (C=O) groups excluding carboxylic acids is 1. The lowest BCUT2D eigenvalue weighted by molar-refractivity contribution is -0.124. The van der Waals surface area contributed by atoms with Gasteiger partial charge < -0.3 is 15.4 Å². The highest BCUT2D eigenvalue weighted by atomic mass is 16.5. The monoisotopic (exact) mass is 407 g/mol. The number of nitrogens with zero attached hydrogens (tertiary/aromatic N) is 2. The minimum Gasteiger partial charge on any atom is -0.470 e. The van der Waals surface area contributed by atoms with Gasteiger partial charge in [-0.15, -0.1) is 0 Å². The molecular formula is C26H21N3O2. The number of nitrogens with two attached hydrogens (primary N) is 1. The van der Waals surface area contributed by atoms with Crippen molar-refractivity contribution in [3.8, 4) is 6.07 Å². The van der Waals surface area contributed by atoms with Crippen molar-refractivity contribution in [1.82, 2.24) is 0 Å². The van der Waals surface area contributed by atoms with E-state index >= 15 is 0 Å². The van der Waals surface area contributed by atoms with Crippen LogP contribution in [-0.2, 0) is 21.5 Å². The normalized spacial score (nSPS) is 22.2. The number of hydrogen-bond donors (Lipinski definition) is 1. The van der Waals surface area contributed by atoms with Crippen LogP contribution in [-0.4, -0.2) is 5.91 Å². The van der Waals surface area contributed by atoms with Crippen molar-refractivity contribution in [1.29, 1.82) is 5.26 Å². The van der Waals surface area contributed by atoms with Crippen molar-refractivity contribution in [2.75, 3.05) is 4.90 Å². The molecule has 152 valence electrons. The second-order valence-electron chi connectivity index (χ2n) is 7.87. The van der Waals surface area contributed by atoms with Gasteiger partial charge in [0.05, 0.1) is 6.54 Å².